The number of benzene rings is 3. The Balaban J connectivity index is 1.89. The van der Waals surface area contributed by atoms with Gasteiger partial charge in [0.2, 0.25) is 5.75 Å². The molecule has 1 heterocycles. The van der Waals surface area contributed by atoms with E-state index >= 15 is 0 Å². The van der Waals surface area contributed by atoms with Gasteiger partial charge in [-0.15, -0.1) is 0 Å². The van der Waals surface area contributed by atoms with Crippen LogP contribution in [0.15, 0.2) is 71.8 Å². The summed E-state index contributed by atoms with van der Waals surface area (Å²) in [6.07, 6.45) is 1.93. The van der Waals surface area contributed by atoms with Crippen molar-refractivity contribution in [3.05, 3.63) is 72.4 Å². The van der Waals surface area contributed by atoms with Gasteiger partial charge in [-0.2, -0.15) is 0 Å². The molecule has 0 saturated heterocycles. The van der Waals surface area contributed by atoms with Crippen LogP contribution >= 0.6 is 0 Å². The molecule has 0 aliphatic carbocycles. The third-order valence-corrected chi connectivity index (χ3v) is 7.41. The van der Waals surface area contributed by atoms with Crippen LogP contribution in [0.1, 0.15) is 5.56 Å². The van der Waals surface area contributed by atoms with E-state index in [1.165, 1.54) is 37.8 Å². The Kier molecular flexibility index (Phi) is 6.30. The third-order valence-electron chi connectivity index (χ3n) is 5.66. The predicted octanol–water partition coefficient (Wildman–Crippen LogP) is 4.18. The van der Waals surface area contributed by atoms with Gasteiger partial charge in [0, 0.05) is 42.0 Å². The molecular formula is C25H27N3O5S. The molecule has 0 atom stereocenters. The summed E-state index contributed by atoms with van der Waals surface area (Å²) in [5.74, 6) is 0.822. The third kappa shape index (κ3) is 4.22. The molecule has 4 aromatic rings. The minimum atomic E-state index is -4.05. The van der Waals surface area contributed by atoms with E-state index in [1.807, 2.05) is 42.1 Å². The average Bonchev–Trinajstić information content (AvgIpc) is 3.21. The summed E-state index contributed by atoms with van der Waals surface area (Å²) in [7, 11) is 2.26. The van der Waals surface area contributed by atoms with Crippen LogP contribution in [0.4, 0.5) is 11.4 Å². The van der Waals surface area contributed by atoms with E-state index in [1.54, 1.807) is 24.3 Å². The predicted molar refractivity (Wildman–Crippen MR) is 133 cm³/mol. The van der Waals surface area contributed by atoms with Gasteiger partial charge in [-0.3, -0.25) is 4.31 Å². The van der Waals surface area contributed by atoms with Crippen LogP contribution in [-0.4, -0.2) is 34.3 Å². The standard InChI is InChI=1S/C25H27N3O5S/c1-27-11-10-18-13-20(8-9-22(18)27)28(16-17-6-5-7-19(26)12-17)34(29,30)21-14-23(31-2)25(33-4)24(15-21)32-3/h5-15H,16,26H2,1-4H3. The number of ether oxygens (including phenoxy) is 3. The van der Waals surface area contributed by atoms with E-state index in [9.17, 15) is 8.42 Å². The highest BCUT2D eigenvalue weighted by molar-refractivity contribution is 7.92. The lowest BCUT2D eigenvalue weighted by atomic mass is 10.2. The average molecular weight is 482 g/mol. The summed E-state index contributed by atoms with van der Waals surface area (Å²) in [5.41, 5.74) is 8.79. The number of anilines is 2. The molecule has 1 aromatic heterocycles. The van der Waals surface area contributed by atoms with Gasteiger partial charge in [-0.25, -0.2) is 8.42 Å². The van der Waals surface area contributed by atoms with Crippen LogP contribution in [0.2, 0.25) is 0 Å². The molecule has 8 nitrogen and oxygen atoms in total. The Morgan fingerprint density at radius 2 is 1.62 bits per heavy atom. The van der Waals surface area contributed by atoms with E-state index in [2.05, 4.69) is 0 Å². The number of methoxy groups -OCH3 is 3. The van der Waals surface area contributed by atoms with Crippen molar-refractivity contribution < 1.29 is 22.6 Å². The highest BCUT2D eigenvalue weighted by Gasteiger charge is 2.29. The summed E-state index contributed by atoms with van der Waals surface area (Å²) in [6, 6.07) is 17.5. The molecular weight excluding hydrogens is 454 g/mol. The van der Waals surface area contributed by atoms with Gasteiger partial charge in [0.25, 0.3) is 10.0 Å². The van der Waals surface area contributed by atoms with Crippen LogP contribution in [0.25, 0.3) is 10.9 Å². The first-order chi connectivity index (χ1) is 16.3. The van der Waals surface area contributed by atoms with Crippen LogP contribution in [0.5, 0.6) is 17.2 Å². The largest absolute Gasteiger partial charge is 0.493 e. The first-order valence-electron chi connectivity index (χ1n) is 10.5. The Morgan fingerprint density at radius 1 is 0.912 bits per heavy atom. The fourth-order valence-electron chi connectivity index (χ4n) is 3.93. The summed E-state index contributed by atoms with van der Waals surface area (Å²) >= 11 is 0. The van der Waals surface area contributed by atoms with Crippen LogP contribution in [-0.2, 0) is 23.6 Å². The Bertz CT molecular complexity index is 1420. The molecule has 0 aliphatic rings. The molecule has 0 fully saturated rings. The smallest absolute Gasteiger partial charge is 0.264 e. The maximum atomic E-state index is 14.0. The van der Waals surface area contributed by atoms with Gasteiger partial charge in [0.1, 0.15) is 0 Å². The molecule has 178 valence electrons. The molecule has 3 aromatic carbocycles. The second-order valence-corrected chi connectivity index (χ2v) is 9.65. The highest BCUT2D eigenvalue weighted by atomic mass is 32.2. The Hall–Kier alpha value is -3.85. The quantitative estimate of drug-likeness (QED) is 0.379. The number of nitrogens with zero attached hydrogens (tertiary/aromatic N) is 2. The van der Waals surface area contributed by atoms with Crippen LogP contribution in [0.3, 0.4) is 0 Å². The van der Waals surface area contributed by atoms with Crippen molar-refractivity contribution in [3.8, 4) is 17.2 Å². The second kappa shape index (κ2) is 9.18. The van der Waals surface area contributed by atoms with Gasteiger partial charge in [-0.1, -0.05) is 12.1 Å². The molecule has 9 heteroatoms. The highest BCUT2D eigenvalue weighted by Crippen LogP contribution is 2.41. The number of rotatable bonds is 8. The monoisotopic (exact) mass is 481 g/mol. The maximum Gasteiger partial charge on any atom is 0.264 e. The number of nitrogen functional groups attached to an aromatic ring is 1. The van der Waals surface area contributed by atoms with Crippen molar-refractivity contribution >= 4 is 32.3 Å². The van der Waals surface area contributed by atoms with Crippen molar-refractivity contribution in [1.29, 1.82) is 0 Å². The molecule has 4 rings (SSSR count). The number of aryl methyl sites for hydroxylation is 1. The van der Waals surface area contributed by atoms with Gasteiger partial charge in [0.05, 0.1) is 38.5 Å². The molecule has 0 unspecified atom stereocenters. The lowest BCUT2D eigenvalue weighted by molar-refractivity contribution is 0.323. The molecule has 2 N–H and O–H groups in total. The van der Waals surface area contributed by atoms with Gasteiger partial charge in [0.15, 0.2) is 11.5 Å². The molecule has 34 heavy (non-hydrogen) atoms. The zero-order valence-electron chi connectivity index (χ0n) is 19.5. The summed E-state index contributed by atoms with van der Waals surface area (Å²) in [6.45, 7) is 0.0857. The minimum absolute atomic E-state index is 0.0130. The van der Waals surface area contributed by atoms with Crippen molar-refractivity contribution in [2.24, 2.45) is 7.05 Å². The first kappa shape index (κ1) is 23.3. The van der Waals surface area contributed by atoms with Crippen LogP contribution in [0, 0.1) is 0 Å². The number of aromatic nitrogens is 1. The maximum absolute atomic E-state index is 14.0. The van der Waals surface area contributed by atoms with Crippen molar-refractivity contribution in [2.75, 3.05) is 31.4 Å². The second-order valence-electron chi connectivity index (χ2n) is 7.79. The summed E-state index contributed by atoms with van der Waals surface area (Å²) < 4.78 is 47.5. The number of fused-ring (bicyclic) bond motifs is 1. The zero-order valence-corrected chi connectivity index (χ0v) is 20.3. The molecule has 0 amide bonds. The fourth-order valence-corrected chi connectivity index (χ4v) is 5.41. The normalized spacial score (nSPS) is 11.4. The molecule has 0 spiro atoms. The van der Waals surface area contributed by atoms with E-state index in [4.69, 9.17) is 19.9 Å². The van der Waals surface area contributed by atoms with Gasteiger partial charge < -0.3 is 24.5 Å². The molecule has 0 aliphatic heterocycles. The number of sulfonamides is 1. The topological polar surface area (TPSA) is 96.0 Å². The molecule has 0 bridgehead atoms. The van der Waals surface area contributed by atoms with E-state index < -0.39 is 10.0 Å². The SMILES string of the molecule is COc1cc(S(=O)(=O)N(Cc2cccc(N)c2)c2ccc3c(ccn3C)c2)cc(OC)c1OC. The minimum Gasteiger partial charge on any atom is -0.493 e. The number of nitrogens with two attached hydrogens (primary N) is 1. The van der Waals surface area contributed by atoms with E-state index in [0.717, 1.165) is 16.5 Å². The Morgan fingerprint density at radius 3 is 2.24 bits per heavy atom. The van der Waals surface area contributed by atoms with Crippen molar-refractivity contribution in [2.45, 2.75) is 11.4 Å². The summed E-state index contributed by atoms with van der Waals surface area (Å²) in [5, 5.41) is 0.928. The summed E-state index contributed by atoms with van der Waals surface area (Å²) in [4.78, 5) is 0.0130. The number of hydrogen-bond donors (Lipinski definition) is 1. The van der Waals surface area contributed by atoms with Crippen molar-refractivity contribution in [1.82, 2.24) is 4.57 Å². The lowest BCUT2D eigenvalue weighted by Gasteiger charge is -2.26. The molecule has 0 saturated carbocycles. The number of hydrogen-bond acceptors (Lipinski definition) is 6. The van der Waals surface area contributed by atoms with Gasteiger partial charge in [-0.05, 0) is 42.0 Å². The van der Waals surface area contributed by atoms with E-state index in [-0.39, 0.29) is 22.9 Å². The zero-order chi connectivity index (χ0) is 24.5. The van der Waals surface area contributed by atoms with E-state index in [0.29, 0.717) is 17.1 Å². The van der Waals surface area contributed by atoms with Crippen molar-refractivity contribution in [3.63, 3.8) is 0 Å². The van der Waals surface area contributed by atoms with Crippen LogP contribution < -0.4 is 24.2 Å². The molecule has 0 radical (unpaired) electrons. The lowest BCUT2D eigenvalue weighted by Crippen LogP contribution is -2.30. The Labute approximate surface area is 199 Å². The first-order valence-corrected chi connectivity index (χ1v) is 11.9. The fraction of sp³-hybridized carbons (Fsp3) is 0.200. The van der Waals surface area contributed by atoms with Gasteiger partial charge >= 0.3 is 0 Å².